The molecule has 0 radical (unpaired) electrons. The Kier molecular flexibility index (Phi) is 6.40. The van der Waals surface area contributed by atoms with E-state index in [4.69, 9.17) is 40.2 Å². The predicted molar refractivity (Wildman–Crippen MR) is 146 cm³/mol. The number of thiocarbonyl (C=S) groups is 1. The Morgan fingerprint density at radius 2 is 1.82 bits per heavy atom. The van der Waals surface area contributed by atoms with Crippen LogP contribution in [-0.2, 0) is 11.3 Å². The Hall–Kier alpha value is -2.77. The van der Waals surface area contributed by atoms with E-state index < -0.39 is 0 Å². The zero-order valence-electron chi connectivity index (χ0n) is 18.0. The van der Waals surface area contributed by atoms with Crippen molar-refractivity contribution < 1.29 is 9.53 Å². The molecule has 0 saturated carbocycles. The summed E-state index contributed by atoms with van der Waals surface area (Å²) in [6, 6.07) is 20.9. The first-order chi connectivity index (χ1) is 16.5. The van der Waals surface area contributed by atoms with Crippen LogP contribution in [0.25, 0.3) is 17.0 Å². The number of carbonyl (C=O) groups is 1. The van der Waals surface area contributed by atoms with E-state index in [1.54, 1.807) is 13.2 Å². The number of nitrogens with zero attached hydrogens (tertiary/aromatic N) is 2. The molecular weight excluding hydrogens is 507 g/mol. The molecular formula is C26H18Cl2N2O2S2. The topological polar surface area (TPSA) is 34.5 Å². The number of hydrogen-bond acceptors (Lipinski definition) is 4. The summed E-state index contributed by atoms with van der Waals surface area (Å²) in [5.74, 6) is 0.425. The van der Waals surface area contributed by atoms with Gasteiger partial charge in [-0.3, -0.25) is 9.69 Å². The van der Waals surface area contributed by atoms with Gasteiger partial charge in [0.25, 0.3) is 5.91 Å². The SMILES string of the molecule is COc1ccccc1N1C(=O)/C(=C\c2cn(Cc3ccc(Cl)cc3Cl)c3ccccc23)SC1=S. The van der Waals surface area contributed by atoms with Crippen LogP contribution in [-0.4, -0.2) is 21.9 Å². The average Bonchev–Trinajstić information content (AvgIpc) is 3.32. The third-order valence-corrected chi connectivity index (χ3v) is 7.47. The molecule has 0 aliphatic carbocycles. The quantitative estimate of drug-likeness (QED) is 0.201. The Bertz CT molecular complexity index is 1480. The first-order valence-corrected chi connectivity index (χ1v) is 12.4. The lowest BCUT2D eigenvalue weighted by Crippen LogP contribution is -2.27. The molecule has 0 unspecified atom stereocenters. The van der Waals surface area contributed by atoms with Crippen molar-refractivity contribution in [1.82, 2.24) is 4.57 Å². The van der Waals surface area contributed by atoms with Crippen LogP contribution in [0.1, 0.15) is 11.1 Å². The van der Waals surface area contributed by atoms with Crippen LogP contribution in [0.5, 0.6) is 5.75 Å². The van der Waals surface area contributed by atoms with Gasteiger partial charge < -0.3 is 9.30 Å². The Labute approximate surface area is 216 Å². The standard InChI is InChI=1S/C26H18Cl2N2O2S2/c1-32-23-9-5-4-8-22(23)30-25(31)24(34-26(30)33)12-17-15-29(21-7-3-2-6-19(17)21)14-16-10-11-18(27)13-20(16)28/h2-13,15H,14H2,1H3/b24-12+. The summed E-state index contributed by atoms with van der Waals surface area (Å²) < 4.78 is 8.03. The molecule has 0 bridgehead atoms. The smallest absolute Gasteiger partial charge is 0.270 e. The molecule has 4 aromatic rings. The van der Waals surface area contributed by atoms with Gasteiger partial charge >= 0.3 is 0 Å². The highest BCUT2D eigenvalue weighted by molar-refractivity contribution is 8.27. The van der Waals surface area contributed by atoms with Crippen molar-refractivity contribution in [3.63, 3.8) is 0 Å². The highest BCUT2D eigenvalue weighted by atomic mass is 35.5. The molecule has 5 rings (SSSR count). The van der Waals surface area contributed by atoms with Gasteiger partial charge in [0.05, 0.1) is 17.7 Å². The first-order valence-electron chi connectivity index (χ1n) is 10.4. The predicted octanol–water partition coefficient (Wildman–Crippen LogP) is 7.41. The molecule has 1 amide bonds. The van der Waals surface area contributed by atoms with Crippen LogP contribution in [0.15, 0.2) is 77.8 Å². The zero-order valence-corrected chi connectivity index (χ0v) is 21.1. The highest BCUT2D eigenvalue weighted by Gasteiger charge is 2.35. The van der Waals surface area contributed by atoms with E-state index in [1.807, 2.05) is 66.9 Å². The van der Waals surface area contributed by atoms with Gasteiger partial charge in [-0.05, 0) is 42.0 Å². The number of rotatable bonds is 5. The molecule has 34 heavy (non-hydrogen) atoms. The van der Waals surface area contributed by atoms with E-state index in [1.165, 1.54) is 16.7 Å². The van der Waals surface area contributed by atoms with Crippen molar-refractivity contribution in [1.29, 1.82) is 0 Å². The molecule has 1 aromatic heterocycles. The maximum absolute atomic E-state index is 13.4. The summed E-state index contributed by atoms with van der Waals surface area (Å²) in [5, 5.41) is 2.25. The normalized spacial score (nSPS) is 15.0. The Morgan fingerprint density at radius 1 is 1.06 bits per heavy atom. The number of para-hydroxylation sites is 3. The van der Waals surface area contributed by atoms with Gasteiger partial charge in [-0.15, -0.1) is 0 Å². The number of carbonyl (C=O) groups excluding carboxylic acids is 1. The van der Waals surface area contributed by atoms with Gasteiger partial charge in [0.1, 0.15) is 5.75 Å². The molecule has 1 saturated heterocycles. The van der Waals surface area contributed by atoms with Gasteiger partial charge in [0.2, 0.25) is 0 Å². The van der Waals surface area contributed by atoms with Gasteiger partial charge in [0, 0.05) is 39.3 Å². The second-order valence-electron chi connectivity index (χ2n) is 7.65. The number of benzene rings is 3. The lowest BCUT2D eigenvalue weighted by atomic mass is 10.1. The number of amides is 1. The minimum Gasteiger partial charge on any atom is -0.495 e. The van der Waals surface area contributed by atoms with Crippen molar-refractivity contribution in [3.8, 4) is 5.75 Å². The van der Waals surface area contributed by atoms with Crippen molar-refractivity contribution in [2.24, 2.45) is 0 Å². The van der Waals surface area contributed by atoms with Crippen LogP contribution < -0.4 is 9.64 Å². The minimum absolute atomic E-state index is 0.169. The maximum Gasteiger partial charge on any atom is 0.270 e. The van der Waals surface area contributed by atoms with Gasteiger partial charge in [-0.1, -0.05) is 83.6 Å². The van der Waals surface area contributed by atoms with E-state index >= 15 is 0 Å². The number of aromatic nitrogens is 1. The van der Waals surface area contributed by atoms with Crippen LogP contribution in [0, 0.1) is 0 Å². The molecule has 8 heteroatoms. The van der Waals surface area contributed by atoms with Crippen molar-refractivity contribution in [2.75, 3.05) is 12.0 Å². The monoisotopic (exact) mass is 524 g/mol. The number of halogens is 2. The van der Waals surface area contributed by atoms with E-state index in [0.717, 1.165) is 22.0 Å². The first kappa shape index (κ1) is 23.0. The lowest BCUT2D eigenvalue weighted by molar-refractivity contribution is -0.113. The van der Waals surface area contributed by atoms with Crippen molar-refractivity contribution >= 4 is 80.1 Å². The summed E-state index contributed by atoms with van der Waals surface area (Å²) in [5.41, 5.74) is 3.57. The summed E-state index contributed by atoms with van der Waals surface area (Å²) in [7, 11) is 1.58. The van der Waals surface area contributed by atoms with Crippen LogP contribution in [0.3, 0.4) is 0 Å². The third kappa shape index (κ3) is 4.23. The number of methoxy groups -OCH3 is 1. The number of ether oxygens (including phenoxy) is 1. The molecule has 1 fully saturated rings. The molecule has 3 aromatic carbocycles. The van der Waals surface area contributed by atoms with Gasteiger partial charge in [0.15, 0.2) is 4.32 Å². The molecule has 1 aliphatic heterocycles. The lowest BCUT2D eigenvalue weighted by Gasteiger charge is -2.17. The molecule has 2 heterocycles. The second kappa shape index (κ2) is 9.47. The van der Waals surface area contributed by atoms with Crippen molar-refractivity contribution in [2.45, 2.75) is 6.54 Å². The largest absolute Gasteiger partial charge is 0.495 e. The number of hydrogen-bond donors (Lipinski definition) is 0. The molecule has 4 nitrogen and oxygen atoms in total. The highest BCUT2D eigenvalue weighted by Crippen LogP contribution is 2.40. The molecule has 0 N–H and O–H groups in total. The molecule has 1 aliphatic rings. The Morgan fingerprint density at radius 3 is 2.62 bits per heavy atom. The van der Waals surface area contributed by atoms with E-state index in [9.17, 15) is 4.79 Å². The summed E-state index contributed by atoms with van der Waals surface area (Å²) in [6.07, 6.45) is 3.93. The second-order valence-corrected chi connectivity index (χ2v) is 10.2. The van der Waals surface area contributed by atoms with E-state index in [0.29, 0.717) is 37.3 Å². The fourth-order valence-corrected chi connectivity index (χ4v) is 5.73. The Balaban J connectivity index is 1.53. The number of anilines is 1. The fraction of sp³-hybridized carbons (Fsp3) is 0.0769. The molecule has 170 valence electrons. The number of fused-ring (bicyclic) bond motifs is 1. The maximum atomic E-state index is 13.4. The summed E-state index contributed by atoms with van der Waals surface area (Å²) in [6.45, 7) is 0.576. The zero-order chi connectivity index (χ0) is 23.8. The van der Waals surface area contributed by atoms with Crippen LogP contribution in [0.2, 0.25) is 10.0 Å². The number of thioether (sulfide) groups is 1. The van der Waals surface area contributed by atoms with E-state index in [-0.39, 0.29) is 5.91 Å². The van der Waals surface area contributed by atoms with Crippen LogP contribution >= 0.6 is 47.2 Å². The minimum atomic E-state index is -0.169. The van der Waals surface area contributed by atoms with Gasteiger partial charge in [-0.25, -0.2) is 0 Å². The van der Waals surface area contributed by atoms with Crippen LogP contribution in [0.4, 0.5) is 5.69 Å². The summed E-state index contributed by atoms with van der Waals surface area (Å²) in [4.78, 5) is 15.4. The average molecular weight is 525 g/mol. The van der Waals surface area contributed by atoms with E-state index in [2.05, 4.69) is 10.6 Å². The molecule has 0 spiro atoms. The van der Waals surface area contributed by atoms with Gasteiger partial charge in [-0.2, -0.15) is 0 Å². The summed E-state index contributed by atoms with van der Waals surface area (Å²) >= 11 is 19.3. The van der Waals surface area contributed by atoms with Crippen molar-refractivity contribution in [3.05, 3.63) is 99.0 Å². The molecule has 0 atom stereocenters. The fourth-order valence-electron chi connectivity index (χ4n) is 3.99. The third-order valence-electron chi connectivity index (χ3n) is 5.58.